The highest BCUT2D eigenvalue weighted by Gasteiger charge is 2.20. The number of hydrogen-bond donors (Lipinski definition) is 3. The topological polar surface area (TPSA) is 131 Å². The molecule has 0 bridgehead atoms. The quantitative estimate of drug-likeness (QED) is 0.549. The van der Waals surface area contributed by atoms with Gasteiger partial charge in [-0.25, -0.2) is 14.4 Å². The molecule has 0 unspecified atom stereocenters. The Bertz CT molecular complexity index is 1130. The van der Waals surface area contributed by atoms with Crippen LogP contribution >= 0.6 is 0 Å². The van der Waals surface area contributed by atoms with Crippen LogP contribution < -0.4 is 20.7 Å². The number of hydrogen-bond acceptors (Lipinski definition) is 8. The average Bonchev–Trinajstić information content (AvgIpc) is 2.72. The van der Waals surface area contributed by atoms with Gasteiger partial charge in [-0.1, -0.05) is 6.07 Å². The standard InChI is InChI=1S/C20H20FN7O3/c1-10-8-15(24-11(2)23-10)26-16-9-14(17(28-27-16)20(30)22-3)25-19(29)12-6-5-7-13(21)18(12)31-4/h5-9H,1-4H3,(H,22,30)(H2,23,24,25,26,27,29). The number of nitrogens with one attached hydrogen (secondary N) is 3. The average molecular weight is 425 g/mol. The number of benzene rings is 1. The second-order valence-electron chi connectivity index (χ2n) is 6.41. The van der Waals surface area contributed by atoms with Crippen LogP contribution in [0.25, 0.3) is 0 Å². The molecule has 2 heterocycles. The molecule has 2 aromatic heterocycles. The molecule has 3 rings (SSSR count). The summed E-state index contributed by atoms with van der Waals surface area (Å²) in [4.78, 5) is 33.4. The third-order valence-electron chi connectivity index (χ3n) is 4.12. The van der Waals surface area contributed by atoms with Crippen molar-refractivity contribution in [2.75, 3.05) is 24.8 Å². The summed E-state index contributed by atoms with van der Waals surface area (Å²) in [5.74, 6) is -0.893. The maximum Gasteiger partial charge on any atom is 0.273 e. The van der Waals surface area contributed by atoms with Crippen molar-refractivity contribution in [3.05, 3.63) is 58.9 Å². The maximum atomic E-state index is 14.0. The minimum absolute atomic E-state index is 0.0428. The molecule has 1 aromatic carbocycles. The third-order valence-corrected chi connectivity index (χ3v) is 4.12. The Morgan fingerprint density at radius 3 is 2.48 bits per heavy atom. The number of aryl methyl sites for hydroxylation is 2. The van der Waals surface area contributed by atoms with Crippen molar-refractivity contribution in [3.8, 4) is 5.75 Å². The first-order chi connectivity index (χ1) is 14.8. The van der Waals surface area contributed by atoms with Gasteiger partial charge in [-0.3, -0.25) is 9.59 Å². The molecule has 0 radical (unpaired) electrons. The lowest BCUT2D eigenvalue weighted by atomic mass is 10.1. The predicted octanol–water partition coefficient (Wildman–Crippen LogP) is 2.39. The smallest absolute Gasteiger partial charge is 0.273 e. The maximum absolute atomic E-state index is 14.0. The van der Waals surface area contributed by atoms with E-state index in [9.17, 15) is 14.0 Å². The number of nitrogens with zero attached hydrogens (tertiary/aromatic N) is 4. The number of halogens is 1. The molecular formula is C20H20FN7O3. The number of aromatic nitrogens is 4. The molecule has 0 fully saturated rings. The number of amides is 2. The number of anilines is 3. The first-order valence-corrected chi connectivity index (χ1v) is 9.15. The van der Waals surface area contributed by atoms with Crippen LogP contribution in [0.2, 0.25) is 0 Å². The van der Waals surface area contributed by atoms with Gasteiger partial charge in [0.05, 0.1) is 18.4 Å². The second-order valence-corrected chi connectivity index (χ2v) is 6.41. The molecule has 0 atom stereocenters. The van der Waals surface area contributed by atoms with Gasteiger partial charge in [0.1, 0.15) is 11.6 Å². The van der Waals surface area contributed by atoms with Crippen LogP contribution in [-0.4, -0.2) is 46.1 Å². The van der Waals surface area contributed by atoms with Crippen LogP contribution in [0.15, 0.2) is 30.3 Å². The Morgan fingerprint density at radius 2 is 1.81 bits per heavy atom. The van der Waals surface area contributed by atoms with Crippen molar-refractivity contribution < 1.29 is 18.7 Å². The lowest BCUT2D eigenvalue weighted by molar-refractivity contribution is 0.0958. The van der Waals surface area contributed by atoms with Gasteiger partial charge in [0, 0.05) is 24.9 Å². The van der Waals surface area contributed by atoms with E-state index in [0.29, 0.717) is 11.6 Å². The first kappa shape index (κ1) is 21.6. The van der Waals surface area contributed by atoms with E-state index in [1.165, 1.54) is 38.4 Å². The highest BCUT2D eigenvalue weighted by molar-refractivity contribution is 6.09. The van der Waals surface area contributed by atoms with E-state index in [0.717, 1.165) is 5.69 Å². The summed E-state index contributed by atoms with van der Waals surface area (Å²) in [5.41, 5.74) is 0.651. The van der Waals surface area contributed by atoms with Crippen molar-refractivity contribution in [2.45, 2.75) is 13.8 Å². The molecule has 31 heavy (non-hydrogen) atoms. The molecule has 0 saturated carbocycles. The molecule has 0 aliphatic rings. The Morgan fingerprint density at radius 1 is 1.03 bits per heavy atom. The van der Waals surface area contributed by atoms with E-state index in [2.05, 4.69) is 36.1 Å². The minimum Gasteiger partial charge on any atom is -0.493 e. The number of carbonyl (C=O) groups is 2. The fourth-order valence-corrected chi connectivity index (χ4v) is 2.83. The van der Waals surface area contributed by atoms with Gasteiger partial charge < -0.3 is 20.7 Å². The monoisotopic (exact) mass is 425 g/mol. The molecule has 0 saturated heterocycles. The molecule has 3 aromatic rings. The second kappa shape index (κ2) is 9.11. The van der Waals surface area contributed by atoms with Crippen LogP contribution in [0.3, 0.4) is 0 Å². The van der Waals surface area contributed by atoms with Crippen LogP contribution in [0.4, 0.5) is 21.7 Å². The van der Waals surface area contributed by atoms with E-state index in [-0.39, 0.29) is 28.5 Å². The summed E-state index contributed by atoms with van der Waals surface area (Å²) in [6.07, 6.45) is 0. The van der Waals surface area contributed by atoms with E-state index < -0.39 is 17.6 Å². The largest absolute Gasteiger partial charge is 0.493 e. The molecule has 11 heteroatoms. The zero-order chi connectivity index (χ0) is 22.5. The van der Waals surface area contributed by atoms with Crippen LogP contribution in [0, 0.1) is 19.7 Å². The highest BCUT2D eigenvalue weighted by atomic mass is 19.1. The number of rotatable bonds is 6. The van der Waals surface area contributed by atoms with E-state index in [1.54, 1.807) is 13.0 Å². The molecule has 2 amide bonds. The van der Waals surface area contributed by atoms with Gasteiger partial charge in [0.2, 0.25) is 0 Å². The molecule has 0 aliphatic carbocycles. The van der Waals surface area contributed by atoms with Crippen LogP contribution in [0.5, 0.6) is 5.75 Å². The zero-order valence-corrected chi connectivity index (χ0v) is 17.3. The molecule has 0 spiro atoms. The van der Waals surface area contributed by atoms with Crippen molar-refractivity contribution in [1.29, 1.82) is 0 Å². The Hall–Kier alpha value is -4.15. The highest BCUT2D eigenvalue weighted by Crippen LogP contribution is 2.25. The molecular weight excluding hydrogens is 405 g/mol. The lowest BCUT2D eigenvalue weighted by Crippen LogP contribution is -2.24. The number of ether oxygens (including phenoxy) is 1. The Balaban J connectivity index is 1.97. The summed E-state index contributed by atoms with van der Waals surface area (Å²) < 4.78 is 19.0. The normalized spacial score (nSPS) is 10.4. The lowest BCUT2D eigenvalue weighted by Gasteiger charge is -2.13. The molecule has 3 N–H and O–H groups in total. The summed E-state index contributed by atoms with van der Waals surface area (Å²) in [6, 6.07) is 7.08. The zero-order valence-electron chi connectivity index (χ0n) is 17.3. The van der Waals surface area contributed by atoms with Gasteiger partial charge in [-0.05, 0) is 26.0 Å². The number of methoxy groups -OCH3 is 1. The summed E-state index contributed by atoms with van der Waals surface area (Å²) in [7, 11) is 2.68. The van der Waals surface area contributed by atoms with Gasteiger partial charge >= 0.3 is 0 Å². The SMILES string of the molecule is CNC(=O)c1nnc(Nc2cc(C)nc(C)n2)cc1NC(=O)c1cccc(F)c1OC. The van der Waals surface area contributed by atoms with Gasteiger partial charge in [-0.15, -0.1) is 10.2 Å². The summed E-state index contributed by atoms with van der Waals surface area (Å²) >= 11 is 0. The molecule has 0 aliphatic heterocycles. The third kappa shape index (κ3) is 4.89. The van der Waals surface area contributed by atoms with Crippen molar-refractivity contribution in [1.82, 2.24) is 25.5 Å². The van der Waals surface area contributed by atoms with Crippen molar-refractivity contribution in [2.24, 2.45) is 0 Å². The Labute approximate surface area is 177 Å². The van der Waals surface area contributed by atoms with Crippen LogP contribution in [0.1, 0.15) is 32.4 Å². The van der Waals surface area contributed by atoms with E-state index >= 15 is 0 Å². The number of para-hydroxylation sites is 1. The van der Waals surface area contributed by atoms with Crippen LogP contribution in [-0.2, 0) is 0 Å². The van der Waals surface area contributed by atoms with Gasteiger partial charge in [0.15, 0.2) is 23.1 Å². The van der Waals surface area contributed by atoms with E-state index in [1.807, 2.05) is 6.92 Å². The summed E-state index contributed by atoms with van der Waals surface area (Å²) in [5, 5.41) is 15.8. The van der Waals surface area contributed by atoms with Crippen molar-refractivity contribution >= 4 is 29.1 Å². The predicted molar refractivity (Wildman–Crippen MR) is 111 cm³/mol. The first-order valence-electron chi connectivity index (χ1n) is 9.15. The molecule has 10 nitrogen and oxygen atoms in total. The molecule has 160 valence electrons. The fourth-order valence-electron chi connectivity index (χ4n) is 2.83. The minimum atomic E-state index is -0.689. The van der Waals surface area contributed by atoms with Gasteiger partial charge in [0.25, 0.3) is 11.8 Å². The van der Waals surface area contributed by atoms with Crippen molar-refractivity contribution in [3.63, 3.8) is 0 Å². The Kier molecular flexibility index (Phi) is 6.34. The number of carbonyl (C=O) groups excluding carboxylic acids is 2. The van der Waals surface area contributed by atoms with Gasteiger partial charge in [-0.2, -0.15) is 0 Å². The summed E-state index contributed by atoms with van der Waals surface area (Å²) in [6.45, 7) is 3.56. The van der Waals surface area contributed by atoms with E-state index in [4.69, 9.17) is 4.74 Å². The fraction of sp³-hybridized carbons (Fsp3) is 0.200.